The Bertz CT molecular complexity index is 275. The van der Waals surface area contributed by atoms with Crippen LogP contribution < -0.4 is 4.74 Å². The van der Waals surface area contributed by atoms with Crippen molar-refractivity contribution in [1.29, 1.82) is 0 Å². The molecule has 1 aromatic rings. The maximum Gasteiger partial charge on any atom is 0.155 e. The van der Waals surface area contributed by atoms with E-state index in [9.17, 15) is 4.79 Å². The fraction of sp³-hybridized carbons (Fsp3) is 0.143. The van der Waals surface area contributed by atoms with Crippen LogP contribution in [-0.4, -0.2) is 18.4 Å². The highest BCUT2D eigenvalue weighted by atomic mass is 35.5. The lowest BCUT2D eigenvalue weighted by Crippen LogP contribution is -1.91. The molecule has 11 heavy (non-hydrogen) atoms. The largest absolute Gasteiger partial charge is 0.496 e. The predicted octanol–water partition coefficient (Wildman–Crippen LogP) is 1.56. The molecular weight excluding hydrogens is 166 g/mol. The van der Waals surface area contributed by atoms with Crippen LogP contribution >= 0.6 is 11.6 Å². The summed E-state index contributed by atoms with van der Waals surface area (Å²) in [7, 11) is 1.47. The van der Waals surface area contributed by atoms with Crippen molar-refractivity contribution >= 4 is 17.9 Å². The summed E-state index contributed by atoms with van der Waals surface area (Å²) >= 11 is 5.55. The highest BCUT2D eigenvalue weighted by molar-refractivity contribution is 6.29. The van der Waals surface area contributed by atoms with E-state index in [1.807, 2.05) is 0 Å². The first-order valence-corrected chi connectivity index (χ1v) is 3.30. The Balaban J connectivity index is 3.16. The lowest BCUT2D eigenvalue weighted by molar-refractivity contribution is 0.112. The number of carbonyl (C=O) groups is 1. The van der Waals surface area contributed by atoms with Crippen LogP contribution in [0.5, 0.6) is 5.75 Å². The van der Waals surface area contributed by atoms with Gasteiger partial charge in [0.25, 0.3) is 0 Å². The standard InChI is InChI=1S/C7H6ClNO2/c1-11-6-2-7(8)9-3-5(6)4-10/h2-4H,1H3. The van der Waals surface area contributed by atoms with Gasteiger partial charge < -0.3 is 4.74 Å². The number of halogens is 1. The molecule has 0 saturated heterocycles. The summed E-state index contributed by atoms with van der Waals surface area (Å²) in [5.41, 5.74) is 0.400. The Hall–Kier alpha value is -1.09. The van der Waals surface area contributed by atoms with Gasteiger partial charge in [-0.1, -0.05) is 11.6 Å². The average Bonchev–Trinajstić information content (AvgIpc) is 2.04. The van der Waals surface area contributed by atoms with E-state index in [1.165, 1.54) is 19.4 Å². The topological polar surface area (TPSA) is 39.2 Å². The van der Waals surface area contributed by atoms with Crippen LogP contribution in [0.2, 0.25) is 5.15 Å². The molecule has 0 saturated carbocycles. The smallest absolute Gasteiger partial charge is 0.155 e. The van der Waals surface area contributed by atoms with E-state index in [2.05, 4.69) is 4.98 Å². The highest BCUT2D eigenvalue weighted by Gasteiger charge is 2.01. The van der Waals surface area contributed by atoms with Gasteiger partial charge in [-0.2, -0.15) is 0 Å². The summed E-state index contributed by atoms with van der Waals surface area (Å²) in [6.45, 7) is 0. The van der Waals surface area contributed by atoms with Gasteiger partial charge in [0.1, 0.15) is 10.9 Å². The molecule has 3 nitrogen and oxygen atoms in total. The molecule has 0 aliphatic carbocycles. The van der Waals surface area contributed by atoms with E-state index in [0.717, 1.165) is 0 Å². The van der Waals surface area contributed by atoms with E-state index >= 15 is 0 Å². The van der Waals surface area contributed by atoms with Crippen molar-refractivity contribution in [1.82, 2.24) is 4.98 Å². The molecule has 0 aliphatic heterocycles. The van der Waals surface area contributed by atoms with Gasteiger partial charge in [-0.15, -0.1) is 0 Å². The van der Waals surface area contributed by atoms with E-state index in [-0.39, 0.29) is 0 Å². The van der Waals surface area contributed by atoms with Crippen molar-refractivity contribution in [3.63, 3.8) is 0 Å². The zero-order valence-electron chi connectivity index (χ0n) is 5.87. The summed E-state index contributed by atoms with van der Waals surface area (Å²) in [6, 6.07) is 1.49. The first-order chi connectivity index (χ1) is 5.27. The van der Waals surface area contributed by atoms with Crippen LogP contribution in [0, 0.1) is 0 Å². The van der Waals surface area contributed by atoms with Crippen LogP contribution in [0.15, 0.2) is 12.3 Å². The number of nitrogens with zero attached hydrogens (tertiary/aromatic N) is 1. The van der Waals surface area contributed by atoms with Gasteiger partial charge in [0, 0.05) is 12.3 Å². The minimum absolute atomic E-state index is 0.312. The third kappa shape index (κ3) is 1.68. The fourth-order valence-corrected chi connectivity index (χ4v) is 0.837. The van der Waals surface area contributed by atoms with Crippen LogP contribution in [0.4, 0.5) is 0 Å². The molecule has 0 amide bonds. The molecule has 1 rings (SSSR count). The predicted molar refractivity (Wildman–Crippen MR) is 41.2 cm³/mol. The van der Waals surface area contributed by atoms with Gasteiger partial charge in [0.2, 0.25) is 0 Å². The number of hydrogen-bond donors (Lipinski definition) is 0. The summed E-state index contributed by atoms with van der Waals surface area (Å²) in [6.07, 6.45) is 2.04. The van der Waals surface area contributed by atoms with Crippen molar-refractivity contribution in [3.05, 3.63) is 23.0 Å². The number of methoxy groups -OCH3 is 1. The van der Waals surface area contributed by atoms with Crippen molar-refractivity contribution in [2.45, 2.75) is 0 Å². The number of rotatable bonds is 2. The molecule has 0 N–H and O–H groups in total. The summed E-state index contributed by atoms with van der Waals surface area (Å²) in [5.74, 6) is 0.444. The van der Waals surface area contributed by atoms with Gasteiger partial charge in [0.15, 0.2) is 6.29 Å². The average molecular weight is 172 g/mol. The second kappa shape index (κ2) is 3.34. The molecule has 58 valence electrons. The van der Waals surface area contributed by atoms with Crippen LogP contribution in [0.25, 0.3) is 0 Å². The van der Waals surface area contributed by atoms with Gasteiger partial charge >= 0.3 is 0 Å². The zero-order valence-corrected chi connectivity index (χ0v) is 6.63. The Morgan fingerprint density at radius 1 is 1.73 bits per heavy atom. The molecule has 0 radical (unpaired) electrons. The van der Waals surface area contributed by atoms with Gasteiger partial charge in [-0.3, -0.25) is 4.79 Å². The second-order valence-corrected chi connectivity index (χ2v) is 2.25. The molecular formula is C7H6ClNO2. The Kier molecular flexibility index (Phi) is 2.44. The Morgan fingerprint density at radius 3 is 3.00 bits per heavy atom. The number of ether oxygens (including phenoxy) is 1. The summed E-state index contributed by atoms with van der Waals surface area (Å²) in [5, 5.41) is 0.312. The summed E-state index contributed by atoms with van der Waals surface area (Å²) in [4.78, 5) is 14.0. The molecule has 4 heteroatoms. The molecule has 0 bridgehead atoms. The van der Waals surface area contributed by atoms with E-state index < -0.39 is 0 Å². The number of carbonyl (C=O) groups excluding carboxylic acids is 1. The lowest BCUT2D eigenvalue weighted by atomic mass is 10.3. The van der Waals surface area contributed by atoms with Crippen LogP contribution in [0.3, 0.4) is 0 Å². The molecule has 1 aromatic heterocycles. The van der Waals surface area contributed by atoms with Crippen molar-refractivity contribution in [2.75, 3.05) is 7.11 Å². The third-order valence-electron chi connectivity index (χ3n) is 1.21. The number of pyridine rings is 1. The van der Waals surface area contributed by atoms with Crippen molar-refractivity contribution in [3.8, 4) is 5.75 Å². The van der Waals surface area contributed by atoms with E-state index in [1.54, 1.807) is 0 Å². The normalized spacial score (nSPS) is 9.27. The highest BCUT2D eigenvalue weighted by Crippen LogP contribution is 2.18. The number of aromatic nitrogens is 1. The SMILES string of the molecule is COc1cc(Cl)ncc1C=O. The second-order valence-electron chi connectivity index (χ2n) is 1.87. The number of aldehydes is 1. The van der Waals surface area contributed by atoms with E-state index in [0.29, 0.717) is 22.8 Å². The van der Waals surface area contributed by atoms with Crippen molar-refractivity contribution < 1.29 is 9.53 Å². The van der Waals surface area contributed by atoms with Crippen LogP contribution in [-0.2, 0) is 0 Å². The maximum atomic E-state index is 10.3. The van der Waals surface area contributed by atoms with Crippen molar-refractivity contribution in [2.24, 2.45) is 0 Å². The first-order valence-electron chi connectivity index (χ1n) is 2.92. The monoisotopic (exact) mass is 171 g/mol. The quantitative estimate of drug-likeness (QED) is 0.501. The molecule has 0 aromatic carbocycles. The Labute approximate surface area is 69.0 Å². The third-order valence-corrected chi connectivity index (χ3v) is 1.42. The molecule has 0 fully saturated rings. The zero-order chi connectivity index (χ0) is 8.27. The lowest BCUT2D eigenvalue weighted by Gasteiger charge is -2.01. The van der Waals surface area contributed by atoms with Gasteiger partial charge in [-0.05, 0) is 0 Å². The van der Waals surface area contributed by atoms with Crippen LogP contribution in [0.1, 0.15) is 10.4 Å². The minimum Gasteiger partial charge on any atom is -0.496 e. The minimum atomic E-state index is 0.312. The maximum absolute atomic E-state index is 10.3. The Morgan fingerprint density at radius 2 is 2.45 bits per heavy atom. The molecule has 0 atom stereocenters. The molecule has 0 spiro atoms. The fourth-order valence-electron chi connectivity index (χ4n) is 0.689. The molecule has 0 aliphatic rings. The molecule has 0 unspecified atom stereocenters. The summed E-state index contributed by atoms with van der Waals surface area (Å²) < 4.78 is 4.86. The van der Waals surface area contributed by atoms with E-state index in [4.69, 9.17) is 16.3 Å². The molecule has 1 heterocycles. The van der Waals surface area contributed by atoms with Gasteiger partial charge in [-0.25, -0.2) is 4.98 Å². The number of hydrogen-bond acceptors (Lipinski definition) is 3. The first kappa shape index (κ1) is 8.01. The van der Waals surface area contributed by atoms with Gasteiger partial charge in [0.05, 0.1) is 12.7 Å².